The van der Waals surface area contributed by atoms with Crippen LogP contribution in [0.3, 0.4) is 0 Å². The molecule has 5 heteroatoms. The Bertz CT molecular complexity index is 451. The van der Waals surface area contributed by atoms with Gasteiger partial charge in [0.15, 0.2) is 11.5 Å². The maximum absolute atomic E-state index is 9.53. The summed E-state index contributed by atoms with van der Waals surface area (Å²) in [4.78, 5) is 0. The fourth-order valence-electron chi connectivity index (χ4n) is 2.46. The number of benzene rings is 1. The monoisotopic (exact) mass is 295 g/mol. The zero-order chi connectivity index (χ0) is 15.3. The van der Waals surface area contributed by atoms with Gasteiger partial charge in [0.1, 0.15) is 0 Å². The second-order valence-electron chi connectivity index (χ2n) is 5.57. The molecule has 21 heavy (non-hydrogen) atoms. The molecule has 1 unspecified atom stereocenters. The molecule has 1 aliphatic rings. The van der Waals surface area contributed by atoms with E-state index in [-0.39, 0.29) is 19.3 Å². The molecule has 0 aromatic heterocycles. The van der Waals surface area contributed by atoms with Crippen molar-refractivity contribution in [3.8, 4) is 11.5 Å². The van der Waals surface area contributed by atoms with Crippen molar-refractivity contribution in [2.75, 3.05) is 26.4 Å². The maximum Gasteiger partial charge on any atom is 0.161 e. The van der Waals surface area contributed by atoms with Crippen molar-refractivity contribution < 1.29 is 19.7 Å². The number of ether oxygens (including phenoxy) is 2. The van der Waals surface area contributed by atoms with Crippen LogP contribution in [0.1, 0.15) is 38.3 Å². The Morgan fingerprint density at radius 3 is 2.48 bits per heavy atom. The molecule has 118 valence electrons. The minimum Gasteiger partial charge on any atom is -0.490 e. The van der Waals surface area contributed by atoms with Crippen LogP contribution in [0.5, 0.6) is 11.5 Å². The van der Waals surface area contributed by atoms with E-state index >= 15 is 0 Å². The highest BCUT2D eigenvalue weighted by molar-refractivity contribution is 5.44. The topological polar surface area (TPSA) is 71.0 Å². The summed E-state index contributed by atoms with van der Waals surface area (Å²) in [7, 11) is 0. The third kappa shape index (κ3) is 3.67. The predicted molar refractivity (Wildman–Crippen MR) is 80.8 cm³/mol. The smallest absolute Gasteiger partial charge is 0.161 e. The lowest BCUT2D eigenvalue weighted by atomic mass is 9.95. The lowest BCUT2D eigenvalue weighted by Crippen LogP contribution is -2.52. The quantitative estimate of drug-likeness (QED) is 0.744. The van der Waals surface area contributed by atoms with Crippen LogP contribution in [-0.2, 0) is 0 Å². The second kappa shape index (κ2) is 7.11. The molecule has 3 N–H and O–H groups in total. The van der Waals surface area contributed by atoms with Gasteiger partial charge in [-0.3, -0.25) is 0 Å². The lowest BCUT2D eigenvalue weighted by molar-refractivity contribution is 0.0792. The fourth-order valence-corrected chi connectivity index (χ4v) is 2.46. The second-order valence-corrected chi connectivity index (χ2v) is 5.57. The van der Waals surface area contributed by atoms with Crippen molar-refractivity contribution in [1.29, 1.82) is 0 Å². The Labute approximate surface area is 125 Å². The first-order valence-corrected chi connectivity index (χ1v) is 7.53. The summed E-state index contributed by atoms with van der Waals surface area (Å²) in [5, 5.41) is 22.4. The summed E-state index contributed by atoms with van der Waals surface area (Å²) in [6.07, 6.45) is 1.53. The molecule has 0 amide bonds. The number of aliphatic hydroxyl groups is 2. The Hall–Kier alpha value is -1.30. The summed E-state index contributed by atoms with van der Waals surface area (Å²) in [5.41, 5.74) is 0.378. The van der Waals surface area contributed by atoms with E-state index in [1.807, 2.05) is 32.0 Å². The van der Waals surface area contributed by atoms with Gasteiger partial charge in [-0.15, -0.1) is 0 Å². The highest BCUT2D eigenvalue weighted by atomic mass is 16.5. The van der Waals surface area contributed by atoms with Crippen molar-refractivity contribution >= 4 is 0 Å². The predicted octanol–water partition coefficient (Wildman–Crippen LogP) is 1.63. The van der Waals surface area contributed by atoms with Gasteiger partial charge < -0.3 is 25.0 Å². The molecule has 0 saturated carbocycles. The van der Waals surface area contributed by atoms with Crippen LogP contribution in [0, 0.1) is 0 Å². The maximum atomic E-state index is 9.53. The van der Waals surface area contributed by atoms with Crippen molar-refractivity contribution in [3.05, 3.63) is 23.8 Å². The van der Waals surface area contributed by atoms with E-state index in [0.29, 0.717) is 19.6 Å². The molecule has 5 nitrogen and oxygen atoms in total. The molecule has 1 heterocycles. The van der Waals surface area contributed by atoms with E-state index < -0.39 is 5.54 Å². The first-order valence-electron chi connectivity index (χ1n) is 7.53. The van der Waals surface area contributed by atoms with Crippen molar-refractivity contribution in [2.45, 2.75) is 38.3 Å². The van der Waals surface area contributed by atoms with Gasteiger partial charge in [0.2, 0.25) is 0 Å². The minimum atomic E-state index is -0.663. The SMILES string of the molecule is CCC(CO)(CO)NC(C)c1ccc2c(c1)OCCCO2. The van der Waals surface area contributed by atoms with Gasteiger partial charge in [0.05, 0.1) is 32.0 Å². The molecule has 0 saturated heterocycles. The average molecular weight is 295 g/mol. The van der Waals surface area contributed by atoms with Gasteiger partial charge in [-0.1, -0.05) is 13.0 Å². The zero-order valence-corrected chi connectivity index (χ0v) is 12.8. The molecule has 0 fully saturated rings. The van der Waals surface area contributed by atoms with Crippen LogP contribution in [0.4, 0.5) is 0 Å². The fraction of sp³-hybridized carbons (Fsp3) is 0.625. The van der Waals surface area contributed by atoms with Crippen molar-refractivity contribution in [1.82, 2.24) is 5.32 Å². The molecule has 1 atom stereocenters. The normalized spacial score (nSPS) is 16.4. The molecule has 1 aliphatic heterocycles. The van der Waals surface area contributed by atoms with E-state index in [2.05, 4.69) is 5.32 Å². The summed E-state index contributed by atoms with van der Waals surface area (Å²) in [6, 6.07) is 5.86. The van der Waals surface area contributed by atoms with E-state index in [1.54, 1.807) is 0 Å². The van der Waals surface area contributed by atoms with Crippen LogP contribution in [0.15, 0.2) is 18.2 Å². The first kappa shape index (κ1) is 16.1. The van der Waals surface area contributed by atoms with Gasteiger partial charge in [-0.25, -0.2) is 0 Å². The molecular formula is C16H25NO4. The van der Waals surface area contributed by atoms with E-state index in [4.69, 9.17) is 9.47 Å². The van der Waals surface area contributed by atoms with Gasteiger partial charge in [-0.2, -0.15) is 0 Å². The van der Waals surface area contributed by atoms with Crippen molar-refractivity contribution in [2.24, 2.45) is 0 Å². The molecule has 0 aliphatic carbocycles. The molecule has 1 aromatic carbocycles. The van der Waals surface area contributed by atoms with Crippen LogP contribution in [-0.4, -0.2) is 42.2 Å². The number of nitrogens with one attached hydrogen (secondary N) is 1. The number of fused-ring (bicyclic) bond motifs is 1. The molecule has 0 radical (unpaired) electrons. The van der Waals surface area contributed by atoms with Gasteiger partial charge in [-0.05, 0) is 31.0 Å². The van der Waals surface area contributed by atoms with E-state index in [0.717, 1.165) is 23.5 Å². The third-order valence-corrected chi connectivity index (χ3v) is 4.08. The van der Waals surface area contributed by atoms with Gasteiger partial charge >= 0.3 is 0 Å². The first-order chi connectivity index (χ1) is 10.1. The van der Waals surface area contributed by atoms with Gasteiger partial charge in [0.25, 0.3) is 0 Å². The summed E-state index contributed by atoms with van der Waals surface area (Å²) in [6.45, 7) is 5.08. The van der Waals surface area contributed by atoms with Crippen LogP contribution in [0.2, 0.25) is 0 Å². The number of aliphatic hydroxyl groups excluding tert-OH is 2. The zero-order valence-electron chi connectivity index (χ0n) is 12.8. The highest BCUT2D eigenvalue weighted by Gasteiger charge is 2.28. The Morgan fingerprint density at radius 2 is 1.86 bits per heavy atom. The lowest BCUT2D eigenvalue weighted by Gasteiger charge is -2.33. The number of rotatable bonds is 6. The van der Waals surface area contributed by atoms with Gasteiger partial charge in [0, 0.05) is 12.5 Å². The average Bonchev–Trinajstić information content (AvgIpc) is 2.77. The van der Waals surface area contributed by atoms with Crippen LogP contribution in [0.25, 0.3) is 0 Å². The number of hydrogen-bond acceptors (Lipinski definition) is 5. The summed E-state index contributed by atoms with van der Waals surface area (Å²) < 4.78 is 11.3. The minimum absolute atomic E-state index is 0.0126. The largest absolute Gasteiger partial charge is 0.490 e. The Morgan fingerprint density at radius 1 is 1.19 bits per heavy atom. The Balaban J connectivity index is 2.16. The van der Waals surface area contributed by atoms with Crippen LogP contribution < -0.4 is 14.8 Å². The number of hydrogen-bond donors (Lipinski definition) is 3. The molecular weight excluding hydrogens is 270 g/mol. The molecule has 1 aromatic rings. The van der Waals surface area contributed by atoms with Crippen molar-refractivity contribution in [3.63, 3.8) is 0 Å². The molecule has 0 bridgehead atoms. The van der Waals surface area contributed by atoms with E-state index in [1.165, 1.54) is 0 Å². The third-order valence-electron chi connectivity index (χ3n) is 4.08. The van der Waals surface area contributed by atoms with Crippen LogP contribution >= 0.6 is 0 Å². The Kier molecular flexibility index (Phi) is 5.45. The summed E-state index contributed by atoms with van der Waals surface area (Å²) >= 11 is 0. The van der Waals surface area contributed by atoms with E-state index in [9.17, 15) is 10.2 Å². The molecule has 2 rings (SSSR count). The standard InChI is InChI=1S/C16H25NO4/c1-3-16(10-18,11-19)17-12(2)13-5-6-14-15(9-13)21-8-4-7-20-14/h5-6,9,12,17-19H,3-4,7-8,10-11H2,1-2H3. The summed E-state index contributed by atoms with van der Waals surface area (Å²) in [5.74, 6) is 1.53. The highest BCUT2D eigenvalue weighted by Crippen LogP contribution is 2.32. The molecule has 0 spiro atoms.